The molecule has 3 aromatic rings. The van der Waals surface area contributed by atoms with Crippen LogP contribution in [0.3, 0.4) is 0 Å². The fourth-order valence-corrected chi connectivity index (χ4v) is 1.83. The Bertz CT molecular complexity index is 698. The minimum absolute atomic E-state index is 0.234. The molecule has 0 unspecified atom stereocenters. The number of anilines is 2. The molecule has 0 saturated carbocycles. The molecule has 5 N–H and O–H groups in total. The number of benzene rings is 1. The third kappa shape index (κ3) is 1.69. The van der Waals surface area contributed by atoms with Crippen LogP contribution in [-0.2, 0) is 0 Å². The summed E-state index contributed by atoms with van der Waals surface area (Å²) in [4.78, 5) is 21.8. The van der Waals surface area contributed by atoms with Crippen LogP contribution < -0.4 is 11.1 Å². The summed E-state index contributed by atoms with van der Waals surface area (Å²) in [6.45, 7) is 0. The molecule has 0 fully saturated rings. The lowest BCUT2D eigenvalue weighted by Crippen LogP contribution is -2.12. The molecular weight excluding hydrogens is 230 g/mol. The molecule has 0 aliphatic heterocycles. The van der Waals surface area contributed by atoms with Crippen molar-refractivity contribution in [1.29, 1.82) is 0 Å². The molecule has 0 saturated heterocycles. The molecule has 6 nitrogen and oxygen atoms in total. The van der Waals surface area contributed by atoms with Crippen LogP contribution in [0.15, 0.2) is 36.8 Å². The summed E-state index contributed by atoms with van der Waals surface area (Å²) >= 11 is 0. The highest BCUT2D eigenvalue weighted by Gasteiger charge is 2.13. The maximum absolute atomic E-state index is 12.1. The van der Waals surface area contributed by atoms with Crippen LogP contribution in [-0.4, -0.2) is 20.9 Å². The summed E-state index contributed by atoms with van der Waals surface area (Å²) in [6, 6.07) is 5.39. The molecule has 6 heteroatoms. The average Bonchev–Trinajstić information content (AvgIpc) is 2.97. The second-order valence-corrected chi connectivity index (χ2v) is 3.90. The topological polar surface area (TPSA) is 99.6 Å². The largest absolute Gasteiger partial charge is 0.399 e. The van der Waals surface area contributed by atoms with Gasteiger partial charge in [0.25, 0.3) is 5.91 Å². The zero-order valence-electron chi connectivity index (χ0n) is 9.40. The van der Waals surface area contributed by atoms with Gasteiger partial charge in [0.1, 0.15) is 0 Å². The molecule has 0 spiro atoms. The summed E-state index contributed by atoms with van der Waals surface area (Å²) in [6.07, 6.45) is 4.87. The number of nitrogens with one attached hydrogen (secondary N) is 3. The molecule has 0 atom stereocenters. The van der Waals surface area contributed by atoms with E-state index < -0.39 is 0 Å². The molecule has 0 aliphatic carbocycles. The smallest absolute Gasteiger partial charge is 0.260 e. The van der Waals surface area contributed by atoms with Gasteiger partial charge in [-0.05, 0) is 18.2 Å². The van der Waals surface area contributed by atoms with Gasteiger partial charge in [0.15, 0.2) is 0 Å². The number of aromatic amines is 2. The van der Waals surface area contributed by atoms with E-state index in [0.29, 0.717) is 17.2 Å². The number of nitrogens with zero attached hydrogens (tertiary/aromatic N) is 1. The third-order valence-electron chi connectivity index (χ3n) is 2.68. The molecule has 3 rings (SSSR count). The molecule has 2 aromatic heterocycles. The maximum Gasteiger partial charge on any atom is 0.260 e. The maximum atomic E-state index is 12.1. The van der Waals surface area contributed by atoms with Gasteiger partial charge in [0.2, 0.25) is 5.95 Å². The Labute approximate surface area is 102 Å². The number of rotatable bonds is 2. The molecule has 1 aromatic carbocycles. The van der Waals surface area contributed by atoms with Crippen molar-refractivity contribution >= 4 is 28.4 Å². The Hall–Kier alpha value is -2.76. The molecule has 2 heterocycles. The summed E-state index contributed by atoms with van der Waals surface area (Å²) in [5, 5.41) is 3.46. The van der Waals surface area contributed by atoms with Crippen LogP contribution in [0.2, 0.25) is 0 Å². The fraction of sp³-hybridized carbons (Fsp3) is 0. The SMILES string of the molecule is Nc1ccc2[nH]cc(C(=O)Nc3ncc[nH]3)c2c1. The zero-order valence-corrected chi connectivity index (χ0v) is 9.40. The summed E-state index contributed by atoms with van der Waals surface area (Å²) in [5.41, 5.74) is 7.75. The number of nitrogen functional groups attached to an aromatic ring is 1. The van der Waals surface area contributed by atoms with Gasteiger partial charge in [-0.2, -0.15) is 0 Å². The Balaban J connectivity index is 1.98. The number of amides is 1. The number of carbonyl (C=O) groups excluding carboxylic acids is 1. The van der Waals surface area contributed by atoms with Crippen LogP contribution >= 0.6 is 0 Å². The van der Waals surface area contributed by atoms with E-state index in [-0.39, 0.29) is 5.91 Å². The number of nitrogens with two attached hydrogens (primary N) is 1. The van der Waals surface area contributed by atoms with Crippen LogP contribution in [0.25, 0.3) is 10.9 Å². The Morgan fingerprint density at radius 2 is 2.22 bits per heavy atom. The number of H-pyrrole nitrogens is 2. The van der Waals surface area contributed by atoms with E-state index in [4.69, 9.17) is 5.73 Å². The second kappa shape index (κ2) is 3.92. The quantitative estimate of drug-likeness (QED) is 0.514. The molecule has 1 amide bonds. The van der Waals surface area contributed by atoms with E-state index in [1.807, 2.05) is 6.07 Å². The highest BCUT2D eigenvalue weighted by molar-refractivity contribution is 6.12. The molecule has 0 radical (unpaired) electrons. The lowest BCUT2D eigenvalue weighted by atomic mass is 10.1. The van der Waals surface area contributed by atoms with Gasteiger partial charge in [-0.3, -0.25) is 10.1 Å². The van der Waals surface area contributed by atoms with Crippen LogP contribution in [0.1, 0.15) is 10.4 Å². The van der Waals surface area contributed by atoms with Gasteiger partial charge in [0, 0.05) is 35.2 Å². The van der Waals surface area contributed by atoms with Crippen LogP contribution in [0, 0.1) is 0 Å². The first kappa shape index (κ1) is 10.4. The minimum Gasteiger partial charge on any atom is -0.399 e. The summed E-state index contributed by atoms with van der Waals surface area (Å²) < 4.78 is 0. The highest BCUT2D eigenvalue weighted by Crippen LogP contribution is 2.21. The van der Waals surface area contributed by atoms with Crippen molar-refractivity contribution in [3.63, 3.8) is 0 Å². The van der Waals surface area contributed by atoms with Gasteiger partial charge < -0.3 is 15.7 Å². The van der Waals surface area contributed by atoms with E-state index in [9.17, 15) is 4.79 Å². The van der Waals surface area contributed by atoms with Gasteiger partial charge in [-0.15, -0.1) is 0 Å². The first-order valence-corrected chi connectivity index (χ1v) is 5.41. The van der Waals surface area contributed by atoms with Crippen molar-refractivity contribution in [3.8, 4) is 0 Å². The predicted octanol–water partition coefficient (Wildman–Crippen LogP) is 1.73. The van der Waals surface area contributed by atoms with Gasteiger partial charge >= 0.3 is 0 Å². The average molecular weight is 241 g/mol. The van der Waals surface area contributed by atoms with Gasteiger partial charge in [0.05, 0.1) is 5.56 Å². The first-order chi connectivity index (χ1) is 8.74. The van der Waals surface area contributed by atoms with Crippen molar-refractivity contribution < 1.29 is 4.79 Å². The van der Waals surface area contributed by atoms with Gasteiger partial charge in [-0.25, -0.2) is 4.98 Å². The Morgan fingerprint density at radius 3 is 3.00 bits per heavy atom. The summed E-state index contributed by atoms with van der Waals surface area (Å²) in [7, 11) is 0. The predicted molar refractivity (Wildman–Crippen MR) is 69.3 cm³/mol. The van der Waals surface area contributed by atoms with Crippen molar-refractivity contribution in [1.82, 2.24) is 15.0 Å². The minimum atomic E-state index is -0.234. The van der Waals surface area contributed by atoms with Crippen molar-refractivity contribution in [2.75, 3.05) is 11.1 Å². The standard InChI is InChI=1S/C12H11N5O/c13-7-1-2-10-8(5-7)9(6-16-10)11(18)17-12-14-3-4-15-12/h1-6,16H,13H2,(H2,14,15,17,18). The molecule has 0 bridgehead atoms. The number of imidazole rings is 1. The van der Waals surface area contributed by atoms with Crippen molar-refractivity contribution in [3.05, 3.63) is 42.4 Å². The number of fused-ring (bicyclic) bond motifs is 1. The monoisotopic (exact) mass is 241 g/mol. The Morgan fingerprint density at radius 1 is 1.33 bits per heavy atom. The summed E-state index contributed by atoms with van der Waals surface area (Å²) in [5.74, 6) is 0.181. The third-order valence-corrected chi connectivity index (χ3v) is 2.68. The highest BCUT2D eigenvalue weighted by atomic mass is 16.1. The van der Waals surface area contributed by atoms with E-state index in [0.717, 1.165) is 10.9 Å². The van der Waals surface area contributed by atoms with E-state index in [2.05, 4.69) is 20.3 Å². The molecule has 90 valence electrons. The second-order valence-electron chi connectivity index (χ2n) is 3.90. The fourth-order valence-electron chi connectivity index (χ4n) is 1.83. The zero-order chi connectivity index (χ0) is 12.5. The normalized spacial score (nSPS) is 10.7. The van der Waals surface area contributed by atoms with Crippen molar-refractivity contribution in [2.24, 2.45) is 0 Å². The van der Waals surface area contributed by atoms with E-state index in [1.54, 1.807) is 30.7 Å². The Kier molecular flexibility index (Phi) is 2.26. The number of hydrogen-bond donors (Lipinski definition) is 4. The molecule has 0 aliphatic rings. The van der Waals surface area contributed by atoms with Crippen molar-refractivity contribution in [2.45, 2.75) is 0 Å². The number of aromatic nitrogens is 3. The first-order valence-electron chi connectivity index (χ1n) is 5.41. The van der Waals surface area contributed by atoms with E-state index >= 15 is 0 Å². The number of carbonyl (C=O) groups is 1. The molecular formula is C12H11N5O. The van der Waals surface area contributed by atoms with Gasteiger partial charge in [-0.1, -0.05) is 0 Å². The van der Waals surface area contributed by atoms with Crippen LogP contribution in [0.4, 0.5) is 11.6 Å². The van der Waals surface area contributed by atoms with E-state index in [1.165, 1.54) is 0 Å². The molecule has 18 heavy (non-hydrogen) atoms. The lowest BCUT2D eigenvalue weighted by molar-refractivity contribution is 0.102. The lowest BCUT2D eigenvalue weighted by Gasteiger charge is -2.00. The van der Waals surface area contributed by atoms with Crippen LogP contribution in [0.5, 0.6) is 0 Å². The number of hydrogen-bond acceptors (Lipinski definition) is 3.